The number of nitrogens with one attached hydrogen (secondary N) is 1. The van der Waals surface area contributed by atoms with Crippen molar-refractivity contribution in [2.75, 3.05) is 6.54 Å². The van der Waals surface area contributed by atoms with Crippen molar-refractivity contribution in [3.63, 3.8) is 0 Å². The third-order valence-corrected chi connectivity index (χ3v) is 2.76. The Balaban J connectivity index is 2.55. The Kier molecular flexibility index (Phi) is 3.49. The fourth-order valence-corrected chi connectivity index (χ4v) is 1.74. The van der Waals surface area contributed by atoms with Crippen molar-refractivity contribution in [1.29, 1.82) is 0 Å². The lowest BCUT2D eigenvalue weighted by Crippen LogP contribution is -2.39. The van der Waals surface area contributed by atoms with Gasteiger partial charge >= 0.3 is 6.03 Å². The number of carbonyl (C=O) groups excluding carboxylic acids is 2. The molecule has 3 amide bonds. The molecule has 0 saturated carbocycles. The number of imide groups is 1. The number of carbonyl (C=O) groups is 2. The first-order valence-corrected chi connectivity index (χ1v) is 5.16. The monoisotopic (exact) mass is 198 g/mol. The molecule has 1 rings (SSSR count). The van der Waals surface area contributed by atoms with E-state index in [9.17, 15) is 9.59 Å². The van der Waals surface area contributed by atoms with Crippen LogP contribution in [0, 0.1) is 5.92 Å². The van der Waals surface area contributed by atoms with E-state index in [0.717, 1.165) is 12.8 Å². The molecule has 0 aromatic heterocycles. The average molecular weight is 198 g/mol. The maximum atomic E-state index is 11.3. The summed E-state index contributed by atoms with van der Waals surface area (Å²) in [6.45, 7) is 6.33. The van der Waals surface area contributed by atoms with Crippen molar-refractivity contribution >= 4 is 11.9 Å². The third kappa shape index (κ3) is 2.25. The normalized spacial score (nSPS) is 20.9. The van der Waals surface area contributed by atoms with Crippen LogP contribution in [-0.2, 0) is 4.79 Å². The molecule has 0 aliphatic carbocycles. The van der Waals surface area contributed by atoms with Gasteiger partial charge in [0.25, 0.3) is 0 Å². The lowest BCUT2D eigenvalue weighted by molar-refractivity contribution is -0.126. The molecule has 1 aliphatic heterocycles. The first-order chi connectivity index (χ1) is 6.56. The molecular weight excluding hydrogens is 180 g/mol. The third-order valence-electron chi connectivity index (χ3n) is 2.76. The van der Waals surface area contributed by atoms with E-state index in [2.05, 4.69) is 19.2 Å². The van der Waals surface area contributed by atoms with Crippen LogP contribution in [0.15, 0.2) is 0 Å². The van der Waals surface area contributed by atoms with Crippen molar-refractivity contribution in [3.8, 4) is 0 Å². The Bertz CT molecular complexity index is 224. The molecule has 1 heterocycles. The Labute approximate surface area is 84.7 Å². The van der Waals surface area contributed by atoms with E-state index in [1.54, 1.807) is 0 Å². The van der Waals surface area contributed by atoms with Gasteiger partial charge in [-0.05, 0) is 19.3 Å². The summed E-state index contributed by atoms with van der Waals surface area (Å²) in [5, 5.41) is 2.53. The van der Waals surface area contributed by atoms with E-state index < -0.39 is 0 Å². The first-order valence-electron chi connectivity index (χ1n) is 5.16. The van der Waals surface area contributed by atoms with Crippen molar-refractivity contribution in [1.82, 2.24) is 10.2 Å². The molecule has 4 nitrogen and oxygen atoms in total. The second-order valence-corrected chi connectivity index (χ2v) is 4.02. The molecule has 1 fully saturated rings. The molecule has 0 bridgehead atoms. The summed E-state index contributed by atoms with van der Waals surface area (Å²) in [7, 11) is 0. The van der Waals surface area contributed by atoms with Gasteiger partial charge in [-0.1, -0.05) is 20.3 Å². The number of hydrogen-bond donors (Lipinski definition) is 1. The highest BCUT2D eigenvalue weighted by Gasteiger charge is 2.32. The second kappa shape index (κ2) is 4.44. The van der Waals surface area contributed by atoms with Crippen LogP contribution in [0.25, 0.3) is 0 Å². The first kappa shape index (κ1) is 11.0. The smallest absolute Gasteiger partial charge is 0.324 e. The van der Waals surface area contributed by atoms with Crippen LogP contribution in [0.4, 0.5) is 4.79 Å². The van der Waals surface area contributed by atoms with Crippen molar-refractivity contribution in [2.45, 2.75) is 39.7 Å². The molecular formula is C10H18N2O2. The highest BCUT2D eigenvalue weighted by molar-refractivity contribution is 6.02. The summed E-state index contributed by atoms with van der Waals surface area (Å²) in [6, 6.07) is -0.231. The summed E-state index contributed by atoms with van der Waals surface area (Å²) in [6.07, 6.45) is 1.96. The van der Waals surface area contributed by atoms with Gasteiger partial charge in [0.15, 0.2) is 0 Å². The van der Waals surface area contributed by atoms with Gasteiger partial charge in [-0.25, -0.2) is 4.79 Å². The van der Waals surface area contributed by atoms with E-state index >= 15 is 0 Å². The van der Waals surface area contributed by atoms with Gasteiger partial charge in [0.2, 0.25) is 5.91 Å². The molecule has 14 heavy (non-hydrogen) atoms. The number of amides is 3. The van der Waals surface area contributed by atoms with Gasteiger partial charge in [0.05, 0.1) is 6.54 Å². The molecule has 1 aliphatic rings. The fourth-order valence-electron chi connectivity index (χ4n) is 1.74. The Morgan fingerprint density at radius 2 is 2.07 bits per heavy atom. The van der Waals surface area contributed by atoms with E-state index in [-0.39, 0.29) is 24.5 Å². The van der Waals surface area contributed by atoms with Gasteiger partial charge in [0, 0.05) is 6.04 Å². The van der Waals surface area contributed by atoms with Gasteiger partial charge in [-0.2, -0.15) is 0 Å². The minimum Gasteiger partial charge on any atom is -0.329 e. The fraction of sp³-hybridized carbons (Fsp3) is 0.800. The minimum atomic E-state index is -0.245. The Morgan fingerprint density at radius 1 is 1.43 bits per heavy atom. The number of hydrogen-bond acceptors (Lipinski definition) is 2. The SMILES string of the molecule is CCC(C)CC(C)N1C(=O)CNC1=O. The van der Waals surface area contributed by atoms with E-state index in [0.29, 0.717) is 5.92 Å². The quantitative estimate of drug-likeness (QED) is 0.693. The number of nitrogens with zero attached hydrogens (tertiary/aromatic N) is 1. The standard InChI is InChI=1S/C10H18N2O2/c1-4-7(2)5-8(3)12-9(13)6-11-10(12)14/h7-8H,4-6H2,1-3H3,(H,11,14). The minimum absolute atomic E-state index is 0.0138. The van der Waals surface area contributed by atoms with Crippen molar-refractivity contribution in [3.05, 3.63) is 0 Å². The van der Waals surface area contributed by atoms with Gasteiger partial charge in [-0.15, -0.1) is 0 Å². The zero-order chi connectivity index (χ0) is 10.7. The molecule has 1 saturated heterocycles. The van der Waals surface area contributed by atoms with Crippen LogP contribution in [0.3, 0.4) is 0 Å². The number of urea groups is 1. The molecule has 0 radical (unpaired) electrons. The molecule has 0 spiro atoms. The van der Waals surface area contributed by atoms with Crippen LogP contribution < -0.4 is 5.32 Å². The van der Waals surface area contributed by atoms with Gasteiger partial charge < -0.3 is 5.32 Å². The molecule has 2 atom stereocenters. The van der Waals surface area contributed by atoms with Crippen LogP contribution in [0.1, 0.15) is 33.6 Å². The van der Waals surface area contributed by atoms with E-state index in [1.807, 2.05) is 6.92 Å². The topological polar surface area (TPSA) is 49.4 Å². The summed E-state index contributed by atoms with van der Waals surface area (Å²) >= 11 is 0. The highest BCUT2D eigenvalue weighted by atomic mass is 16.2. The lowest BCUT2D eigenvalue weighted by atomic mass is 9.99. The average Bonchev–Trinajstić information content (AvgIpc) is 2.46. The Morgan fingerprint density at radius 3 is 2.50 bits per heavy atom. The summed E-state index contributed by atoms with van der Waals surface area (Å²) in [5.41, 5.74) is 0. The zero-order valence-electron chi connectivity index (χ0n) is 9.04. The predicted octanol–water partition coefficient (Wildman–Crippen LogP) is 1.36. The lowest BCUT2D eigenvalue weighted by Gasteiger charge is -2.23. The molecule has 4 heteroatoms. The predicted molar refractivity (Wildman–Crippen MR) is 53.8 cm³/mol. The number of rotatable bonds is 4. The van der Waals surface area contributed by atoms with Crippen molar-refractivity contribution in [2.24, 2.45) is 5.92 Å². The summed E-state index contributed by atoms with van der Waals surface area (Å²) in [5.74, 6) is 0.442. The summed E-state index contributed by atoms with van der Waals surface area (Å²) in [4.78, 5) is 24.0. The highest BCUT2D eigenvalue weighted by Crippen LogP contribution is 2.16. The van der Waals surface area contributed by atoms with Crippen LogP contribution in [0.5, 0.6) is 0 Å². The summed E-state index contributed by atoms with van der Waals surface area (Å²) < 4.78 is 0. The van der Waals surface area contributed by atoms with Crippen molar-refractivity contribution < 1.29 is 9.59 Å². The molecule has 0 aromatic rings. The maximum Gasteiger partial charge on any atom is 0.324 e. The molecule has 80 valence electrons. The Hall–Kier alpha value is -1.06. The van der Waals surface area contributed by atoms with E-state index in [1.165, 1.54) is 4.90 Å². The molecule has 1 N–H and O–H groups in total. The maximum absolute atomic E-state index is 11.3. The molecule has 0 aromatic carbocycles. The molecule has 2 unspecified atom stereocenters. The van der Waals surface area contributed by atoms with E-state index in [4.69, 9.17) is 0 Å². The zero-order valence-corrected chi connectivity index (χ0v) is 9.04. The van der Waals surface area contributed by atoms with Crippen LogP contribution in [-0.4, -0.2) is 29.4 Å². The largest absolute Gasteiger partial charge is 0.329 e. The second-order valence-electron chi connectivity index (χ2n) is 4.02. The van der Waals surface area contributed by atoms with Gasteiger partial charge in [-0.3, -0.25) is 9.69 Å². The van der Waals surface area contributed by atoms with Crippen LogP contribution >= 0.6 is 0 Å². The van der Waals surface area contributed by atoms with Gasteiger partial charge in [0.1, 0.15) is 0 Å². The van der Waals surface area contributed by atoms with Crippen LogP contribution in [0.2, 0.25) is 0 Å².